The predicted molar refractivity (Wildman–Crippen MR) is 58.4 cm³/mol. The molecule has 0 heterocycles. The summed E-state index contributed by atoms with van der Waals surface area (Å²) in [5.41, 5.74) is 1.33. The Morgan fingerprint density at radius 2 is 2.23 bits per heavy atom. The lowest BCUT2D eigenvalue weighted by Gasteiger charge is -2.07. The SMILES string of the molecule is CC(C)NCCCOCC(Cl)=CCl. The Labute approximate surface area is 90.2 Å². The zero-order valence-electron chi connectivity index (χ0n) is 8.15. The van der Waals surface area contributed by atoms with Gasteiger partial charge < -0.3 is 10.1 Å². The van der Waals surface area contributed by atoms with Gasteiger partial charge in [-0.3, -0.25) is 0 Å². The lowest BCUT2D eigenvalue weighted by atomic mass is 10.3. The van der Waals surface area contributed by atoms with E-state index in [4.69, 9.17) is 27.9 Å². The van der Waals surface area contributed by atoms with Crippen molar-refractivity contribution >= 4 is 23.2 Å². The summed E-state index contributed by atoms with van der Waals surface area (Å²) in [6.07, 6.45) is 0.991. The molecule has 2 nitrogen and oxygen atoms in total. The zero-order chi connectivity index (χ0) is 10.1. The number of nitrogens with one attached hydrogen (secondary N) is 1. The van der Waals surface area contributed by atoms with E-state index in [1.807, 2.05) is 0 Å². The van der Waals surface area contributed by atoms with E-state index in [0.29, 0.717) is 24.3 Å². The van der Waals surface area contributed by atoms with Crippen LogP contribution in [0, 0.1) is 0 Å². The first-order chi connectivity index (χ1) is 6.16. The Morgan fingerprint density at radius 1 is 1.54 bits per heavy atom. The first kappa shape index (κ1) is 13.2. The molecule has 0 fully saturated rings. The smallest absolute Gasteiger partial charge is 0.0831 e. The number of hydrogen-bond acceptors (Lipinski definition) is 2. The van der Waals surface area contributed by atoms with Gasteiger partial charge in [0.15, 0.2) is 0 Å². The van der Waals surface area contributed by atoms with Crippen LogP contribution in [0.1, 0.15) is 20.3 Å². The van der Waals surface area contributed by atoms with Gasteiger partial charge in [0.1, 0.15) is 0 Å². The fourth-order valence-corrected chi connectivity index (χ4v) is 0.906. The van der Waals surface area contributed by atoms with Crippen LogP contribution in [0.4, 0.5) is 0 Å². The Bertz CT molecular complexity index is 149. The van der Waals surface area contributed by atoms with Crippen LogP contribution in [0.3, 0.4) is 0 Å². The molecule has 0 saturated carbocycles. The van der Waals surface area contributed by atoms with Gasteiger partial charge in [0.25, 0.3) is 0 Å². The highest BCUT2D eigenvalue weighted by atomic mass is 35.5. The third-order valence-corrected chi connectivity index (χ3v) is 1.97. The van der Waals surface area contributed by atoms with Crippen molar-refractivity contribution in [3.05, 3.63) is 10.6 Å². The van der Waals surface area contributed by atoms with Gasteiger partial charge in [0.2, 0.25) is 0 Å². The molecule has 0 bridgehead atoms. The van der Waals surface area contributed by atoms with E-state index in [2.05, 4.69) is 19.2 Å². The molecule has 78 valence electrons. The minimum atomic E-state index is 0.409. The molecule has 0 saturated heterocycles. The molecular weight excluding hydrogens is 209 g/mol. The van der Waals surface area contributed by atoms with Crippen LogP contribution in [0.15, 0.2) is 10.6 Å². The molecule has 0 unspecified atom stereocenters. The number of ether oxygens (including phenoxy) is 1. The van der Waals surface area contributed by atoms with E-state index in [1.54, 1.807) is 0 Å². The van der Waals surface area contributed by atoms with E-state index in [0.717, 1.165) is 13.0 Å². The van der Waals surface area contributed by atoms with Crippen molar-refractivity contribution in [1.29, 1.82) is 0 Å². The van der Waals surface area contributed by atoms with Crippen molar-refractivity contribution in [2.75, 3.05) is 19.8 Å². The molecule has 0 rings (SSSR count). The molecule has 0 aliphatic heterocycles. The zero-order valence-corrected chi connectivity index (χ0v) is 9.66. The van der Waals surface area contributed by atoms with Crippen molar-refractivity contribution in [3.63, 3.8) is 0 Å². The highest BCUT2D eigenvalue weighted by molar-refractivity contribution is 6.36. The molecule has 0 aromatic heterocycles. The van der Waals surface area contributed by atoms with E-state index in [1.165, 1.54) is 5.54 Å². The van der Waals surface area contributed by atoms with Gasteiger partial charge in [0.05, 0.1) is 11.6 Å². The fourth-order valence-electron chi connectivity index (χ4n) is 0.766. The quantitative estimate of drug-likeness (QED) is 0.674. The molecule has 4 heteroatoms. The van der Waals surface area contributed by atoms with Crippen LogP contribution in [0.2, 0.25) is 0 Å². The highest BCUT2D eigenvalue weighted by Crippen LogP contribution is 2.03. The largest absolute Gasteiger partial charge is 0.376 e. The van der Waals surface area contributed by atoms with Crippen LogP contribution in [-0.4, -0.2) is 25.8 Å². The molecule has 0 aliphatic carbocycles. The van der Waals surface area contributed by atoms with Crippen LogP contribution in [-0.2, 0) is 4.74 Å². The lowest BCUT2D eigenvalue weighted by Crippen LogP contribution is -2.24. The molecule has 0 spiro atoms. The summed E-state index contributed by atoms with van der Waals surface area (Å²) < 4.78 is 5.24. The molecule has 13 heavy (non-hydrogen) atoms. The third-order valence-electron chi connectivity index (χ3n) is 1.38. The van der Waals surface area contributed by atoms with Crippen LogP contribution in [0.5, 0.6) is 0 Å². The van der Waals surface area contributed by atoms with E-state index >= 15 is 0 Å². The Balaban J connectivity index is 3.09. The van der Waals surface area contributed by atoms with E-state index < -0.39 is 0 Å². The Kier molecular flexibility index (Phi) is 8.98. The maximum atomic E-state index is 5.62. The summed E-state index contributed by atoms with van der Waals surface area (Å²) in [6.45, 7) is 6.33. The van der Waals surface area contributed by atoms with Crippen LogP contribution >= 0.6 is 23.2 Å². The average molecular weight is 226 g/mol. The summed E-state index contributed by atoms with van der Waals surface area (Å²) in [5, 5.41) is 3.83. The third kappa shape index (κ3) is 10.2. The van der Waals surface area contributed by atoms with Gasteiger partial charge in [-0.2, -0.15) is 0 Å². The molecule has 0 aliphatic rings. The number of halogens is 2. The highest BCUT2D eigenvalue weighted by Gasteiger charge is 1.94. The Morgan fingerprint density at radius 3 is 2.77 bits per heavy atom. The van der Waals surface area contributed by atoms with Crippen molar-refractivity contribution in [1.82, 2.24) is 5.32 Å². The maximum absolute atomic E-state index is 5.62. The first-order valence-electron chi connectivity index (χ1n) is 4.42. The van der Waals surface area contributed by atoms with E-state index in [9.17, 15) is 0 Å². The van der Waals surface area contributed by atoms with E-state index in [-0.39, 0.29) is 0 Å². The second-order valence-corrected chi connectivity index (χ2v) is 3.77. The van der Waals surface area contributed by atoms with Crippen LogP contribution < -0.4 is 5.32 Å². The normalized spacial score (nSPS) is 12.5. The second kappa shape index (κ2) is 8.82. The first-order valence-corrected chi connectivity index (χ1v) is 5.24. The minimum Gasteiger partial charge on any atom is -0.376 e. The van der Waals surface area contributed by atoms with Crippen molar-refractivity contribution < 1.29 is 4.74 Å². The summed E-state index contributed by atoms with van der Waals surface area (Å²) in [7, 11) is 0. The Hall–Kier alpha value is 0.240. The van der Waals surface area contributed by atoms with Crippen LogP contribution in [0.25, 0.3) is 0 Å². The topological polar surface area (TPSA) is 21.3 Å². The van der Waals surface area contributed by atoms with Gasteiger partial charge in [-0.1, -0.05) is 37.0 Å². The molecule has 0 aromatic rings. The summed E-state index contributed by atoms with van der Waals surface area (Å²) in [5.74, 6) is 0. The summed E-state index contributed by atoms with van der Waals surface area (Å²) >= 11 is 11.0. The molecule has 0 radical (unpaired) electrons. The number of rotatable bonds is 7. The van der Waals surface area contributed by atoms with Gasteiger partial charge in [0, 0.05) is 18.2 Å². The standard InChI is InChI=1S/C9H17Cl2NO/c1-8(2)12-4-3-5-13-7-9(11)6-10/h6,8,12H,3-5,7H2,1-2H3. The minimum absolute atomic E-state index is 0.409. The van der Waals surface area contributed by atoms with Crippen molar-refractivity contribution in [2.24, 2.45) is 0 Å². The van der Waals surface area contributed by atoms with Crippen molar-refractivity contribution in [3.8, 4) is 0 Å². The number of hydrogen-bond donors (Lipinski definition) is 1. The monoisotopic (exact) mass is 225 g/mol. The molecule has 0 atom stereocenters. The van der Waals surface area contributed by atoms with Gasteiger partial charge in [-0.25, -0.2) is 0 Å². The molecule has 1 N–H and O–H groups in total. The second-order valence-electron chi connectivity index (χ2n) is 3.07. The van der Waals surface area contributed by atoms with Crippen molar-refractivity contribution in [2.45, 2.75) is 26.3 Å². The predicted octanol–water partition coefficient (Wildman–Crippen LogP) is 2.71. The average Bonchev–Trinajstić information content (AvgIpc) is 2.10. The molecular formula is C9H17Cl2NO. The lowest BCUT2D eigenvalue weighted by molar-refractivity contribution is 0.156. The molecule has 0 aromatic carbocycles. The van der Waals surface area contributed by atoms with Gasteiger partial charge in [-0.05, 0) is 13.0 Å². The fraction of sp³-hybridized carbons (Fsp3) is 0.778. The maximum Gasteiger partial charge on any atom is 0.0831 e. The van der Waals surface area contributed by atoms with Gasteiger partial charge in [-0.15, -0.1) is 0 Å². The summed E-state index contributed by atoms with van der Waals surface area (Å²) in [4.78, 5) is 0. The molecule has 0 amide bonds. The van der Waals surface area contributed by atoms with Gasteiger partial charge >= 0.3 is 0 Å². The summed E-state index contributed by atoms with van der Waals surface area (Å²) in [6, 6.07) is 0.534.